The summed E-state index contributed by atoms with van der Waals surface area (Å²) in [7, 11) is 0. The largest absolute Gasteiger partial charge is 0.494 e. The summed E-state index contributed by atoms with van der Waals surface area (Å²) in [6.07, 6.45) is 2.01. The zero-order chi connectivity index (χ0) is 13.0. The maximum absolute atomic E-state index is 5.59. The van der Waals surface area contributed by atoms with Gasteiger partial charge in [-0.1, -0.05) is 12.1 Å². The van der Waals surface area contributed by atoms with Gasteiger partial charge >= 0.3 is 0 Å². The fourth-order valence-electron chi connectivity index (χ4n) is 1.89. The van der Waals surface area contributed by atoms with E-state index in [4.69, 9.17) is 10.5 Å². The van der Waals surface area contributed by atoms with Crippen LogP contribution < -0.4 is 10.5 Å². The third-order valence-corrected chi connectivity index (χ3v) is 2.82. The Kier molecular flexibility index (Phi) is 3.99. The van der Waals surface area contributed by atoms with Crippen LogP contribution in [-0.2, 0) is 13.1 Å². The Bertz CT molecular complexity index is 502. The van der Waals surface area contributed by atoms with Gasteiger partial charge in [0.25, 0.3) is 0 Å². The lowest BCUT2D eigenvalue weighted by atomic mass is 10.2. The van der Waals surface area contributed by atoms with E-state index in [1.807, 2.05) is 32.2 Å². The number of benzene rings is 1. The third-order valence-electron chi connectivity index (χ3n) is 2.82. The van der Waals surface area contributed by atoms with Crippen molar-refractivity contribution >= 4 is 0 Å². The molecule has 0 radical (unpaired) electrons. The minimum Gasteiger partial charge on any atom is -0.494 e. The maximum atomic E-state index is 5.59. The summed E-state index contributed by atoms with van der Waals surface area (Å²) in [5.41, 5.74) is 7.74. The quantitative estimate of drug-likeness (QED) is 0.877. The first-order valence-electron chi connectivity index (χ1n) is 6.17. The molecule has 2 rings (SSSR count). The van der Waals surface area contributed by atoms with Crippen LogP contribution in [0.2, 0.25) is 0 Å². The van der Waals surface area contributed by atoms with E-state index in [1.54, 1.807) is 0 Å². The molecule has 0 bridgehead atoms. The highest BCUT2D eigenvalue weighted by molar-refractivity contribution is 5.27. The fourth-order valence-corrected chi connectivity index (χ4v) is 1.89. The van der Waals surface area contributed by atoms with Crippen LogP contribution in [0.15, 0.2) is 30.5 Å². The number of hydrogen-bond acceptors (Lipinski definition) is 3. The smallest absolute Gasteiger partial charge is 0.119 e. The molecular formula is C14H19N3O. The fraction of sp³-hybridized carbons (Fsp3) is 0.357. The molecule has 0 saturated heterocycles. The number of imidazole rings is 1. The lowest BCUT2D eigenvalue weighted by Crippen LogP contribution is -2.01. The standard InChI is InChI=1S/C14H19N3O/c1-3-18-14-6-4-12(5-7-14)9-17-10-13(8-15)16-11(17)2/h4-7,10H,3,8-9,15H2,1-2H3. The van der Waals surface area contributed by atoms with Crippen LogP contribution in [0, 0.1) is 6.92 Å². The summed E-state index contributed by atoms with van der Waals surface area (Å²) >= 11 is 0. The van der Waals surface area contributed by atoms with Gasteiger partial charge in [0.05, 0.1) is 12.3 Å². The van der Waals surface area contributed by atoms with E-state index in [1.165, 1.54) is 5.56 Å². The molecule has 1 aromatic heterocycles. The molecule has 0 amide bonds. The number of ether oxygens (including phenoxy) is 1. The van der Waals surface area contributed by atoms with Crippen molar-refractivity contribution in [2.45, 2.75) is 26.9 Å². The summed E-state index contributed by atoms with van der Waals surface area (Å²) in [6.45, 7) is 5.97. The summed E-state index contributed by atoms with van der Waals surface area (Å²) < 4.78 is 7.53. The number of hydrogen-bond donors (Lipinski definition) is 1. The van der Waals surface area contributed by atoms with Gasteiger partial charge in [-0.2, -0.15) is 0 Å². The number of aromatic nitrogens is 2. The van der Waals surface area contributed by atoms with Crippen molar-refractivity contribution in [2.75, 3.05) is 6.61 Å². The van der Waals surface area contributed by atoms with Gasteiger partial charge in [-0.3, -0.25) is 0 Å². The summed E-state index contributed by atoms with van der Waals surface area (Å²) in [4.78, 5) is 4.39. The highest BCUT2D eigenvalue weighted by atomic mass is 16.5. The molecule has 18 heavy (non-hydrogen) atoms. The van der Waals surface area contributed by atoms with Crippen molar-refractivity contribution < 1.29 is 4.74 Å². The number of aryl methyl sites for hydroxylation is 1. The molecule has 1 heterocycles. The van der Waals surface area contributed by atoms with E-state index < -0.39 is 0 Å². The molecule has 0 spiro atoms. The second-order valence-electron chi connectivity index (χ2n) is 4.19. The topological polar surface area (TPSA) is 53.1 Å². The van der Waals surface area contributed by atoms with Gasteiger partial charge < -0.3 is 15.0 Å². The number of nitrogens with zero attached hydrogens (tertiary/aromatic N) is 2. The van der Waals surface area contributed by atoms with Crippen LogP contribution in [0.4, 0.5) is 0 Å². The first-order chi connectivity index (χ1) is 8.72. The molecule has 0 atom stereocenters. The van der Waals surface area contributed by atoms with Crippen LogP contribution in [0.5, 0.6) is 5.75 Å². The average molecular weight is 245 g/mol. The van der Waals surface area contributed by atoms with Crippen molar-refractivity contribution in [1.82, 2.24) is 9.55 Å². The van der Waals surface area contributed by atoms with Gasteiger partial charge in [0.15, 0.2) is 0 Å². The lowest BCUT2D eigenvalue weighted by molar-refractivity contribution is 0.340. The number of rotatable bonds is 5. The lowest BCUT2D eigenvalue weighted by Gasteiger charge is -2.07. The van der Waals surface area contributed by atoms with Crippen molar-refractivity contribution in [3.05, 3.63) is 47.5 Å². The minimum absolute atomic E-state index is 0.483. The molecule has 4 heteroatoms. The van der Waals surface area contributed by atoms with Crippen LogP contribution >= 0.6 is 0 Å². The molecule has 96 valence electrons. The maximum Gasteiger partial charge on any atom is 0.119 e. The molecule has 0 aliphatic heterocycles. The third kappa shape index (κ3) is 2.90. The van der Waals surface area contributed by atoms with E-state index in [9.17, 15) is 0 Å². The Balaban J connectivity index is 2.10. The SMILES string of the molecule is CCOc1ccc(Cn2cc(CN)nc2C)cc1. The Morgan fingerprint density at radius 2 is 2.00 bits per heavy atom. The van der Waals surface area contributed by atoms with Crippen molar-refractivity contribution in [1.29, 1.82) is 0 Å². The van der Waals surface area contributed by atoms with E-state index in [-0.39, 0.29) is 0 Å². The van der Waals surface area contributed by atoms with Crippen molar-refractivity contribution in [3.63, 3.8) is 0 Å². The Morgan fingerprint density at radius 1 is 1.28 bits per heavy atom. The normalized spacial score (nSPS) is 10.6. The van der Waals surface area contributed by atoms with E-state index in [2.05, 4.69) is 21.7 Å². The predicted molar refractivity (Wildman–Crippen MR) is 71.6 cm³/mol. The van der Waals surface area contributed by atoms with Gasteiger partial charge in [-0.25, -0.2) is 4.98 Å². The van der Waals surface area contributed by atoms with E-state index in [0.717, 1.165) is 23.8 Å². The van der Waals surface area contributed by atoms with Crippen molar-refractivity contribution in [3.8, 4) is 5.75 Å². The van der Waals surface area contributed by atoms with Gasteiger partial charge in [-0.05, 0) is 31.5 Å². The van der Waals surface area contributed by atoms with Crippen LogP contribution in [-0.4, -0.2) is 16.2 Å². The predicted octanol–water partition coefficient (Wildman–Crippen LogP) is 2.10. The van der Waals surface area contributed by atoms with E-state index in [0.29, 0.717) is 13.2 Å². The Labute approximate surface area is 107 Å². The number of nitrogens with two attached hydrogens (primary N) is 1. The Morgan fingerprint density at radius 3 is 2.56 bits per heavy atom. The summed E-state index contributed by atoms with van der Waals surface area (Å²) in [6, 6.07) is 8.14. The van der Waals surface area contributed by atoms with E-state index >= 15 is 0 Å². The van der Waals surface area contributed by atoms with Crippen LogP contribution in [0.1, 0.15) is 24.0 Å². The highest BCUT2D eigenvalue weighted by Crippen LogP contribution is 2.14. The molecular weight excluding hydrogens is 226 g/mol. The molecule has 0 aliphatic rings. The second-order valence-corrected chi connectivity index (χ2v) is 4.19. The first kappa shape index (κ1) is 12.6. The summed E-state index contributed by atoms with van der Waals surface area (Å²) in [5.74, 6) is 1.90. The summed E-state index contributed by atoms with van der Waals surface area (Å²) in [5, 5.41) is 0. The van der Waals surface area contributed by atoms with Crippen molar-refractivity contribution in [2.24, 2.45) is 5.73 Å². The monoisotopic (exact) mass is 245 g/mol. The van der Waals surface area contributed by atoms with Gasteiger partial charge in [-0.15, -0.1) is 0 Å². The average Bonchev–Trinajstić information content (AvgIpc) is 2.73. The minimum atomic E-state index is 0.483. The Hall–Kier alpha value is -1.81. The van der Waals surface area contributed by atoms with Gasteiger partial charge in [0.1, 0.15) is 11.6 Å². The highest BCUT2D eigenvalue weighted by Gasteiger charge is 2.03. The second kappa shape index (κ2) is 5.69. The molecule has 4 nitrogen and oxygen atoms in total. The first-order valence-corrected chi connectivity index (χ1v) is 6.17. The molecule has 1 aromatic carbocycles. The van der Waals surface area contributed by atoms with Gasteiger partial charge in [0.2, 0.25) is 0 Å². The van der Waals surface area contributed by atoms with Crippen LogP contribution in [0.3, 0.4) is 0 Å². The van der Waals surface area contributed by atoms with Crippen LogP contribution in [0.25, 0.3) is 0 Å². The molecule has 0 unspecified atom stereocenters. The zero-order valence-electron chi connectivity index (χ0n) is 10.9. The molecule has 2 N–H and O–H groups in total. The zero-order valence-corrected chi connectivity index (χ0v) is 10.9. The molecule has 2 aromatic rings. The molecule has 0 fully saturated rings. The van der Waals surface area contributed by atoms with Gasteiger partial charge in [0, 0.05) is 19.3 Å². The molecule has 0 aliphatic carbocycles. The molecule has 0 saturated carbocycles.